The van der Waals surface area contributed by atoms with Crippen LogP contribution in [-0.4, -0.2) is 53.4 Å². The highest BCUT2D eigenvalue weighted by atomic mass is 32.1. The molecule has 0 bridgehead atoms. The quantitative estimate of drug-likeness (QED) is 0.512. The van der Waals surface area contributed by atoms with Gasteiger partial charge < -0.3 is 9.64 Å². The highest BCUT2D eigenvalue weighted by Crippen LogP contribution is 2.27. The van der Waals surface area contributed by atoms with E-state index < -0.39 is 0 Å². The molecule has 1 aliphatic heterocycles. The molecule has 0 spiro atoms. The van der Waals surface area contributed by atoms with Crippen molar-refractivity contribution in [1.29, 1.82) is 0 Å². The SMILES string of the molecule is C=CCN1CCN(C(=O)c2csc(-c3ccc(OCc4cccc(F)c4)cc3)n2)CC1. The Bertz CT molecular complexity index is 1040. The second-order valence-corrected chi connectivity index (χ2v) is 8.22. The maximum absolute atomic E-state index is 13.3. The number of amides is 1. The molecule has 31 heavy (non-hydrogen) atoms. The molecule has 4 rings (SSSR count). The van der Waals surface area contributed by atoms with Crippen molar-refractivity contribution in [2.45, 2.75) is 6.61 Å². The molecule has 0 N–H and O–H groups in total. The molecule has 0 unspecified atom stereocenters. The summed E-state index contributed by atoms with van der Waals surface area (Å²) in [5.41, 5.74) is 2.19. The number of ether oxygens (including phenoxy) is 1. The number of carbonyl (C=O) groups excluding carboxylic acids is 1. The Balaban J connectivity index is 1.35. The van der Waals surface area contributed by atoms with E-state index in [1.54, 1.807) is 6.07 Å². The summed E-state index contributed by atoms with van der Waals surface area (Å²) < 4.78 is 19.0. The summed E-state index contributed by atoms with van der Waals surface area (Å²) in [6, 6.07) is 13.9. The lowest BCUT2D eigenvalue weighted by molar-refractivity contribution is 0.0645. The van der Waals surface area contributed by atoms with Crippen LogP contribution in [0.2, 0.25) is 0 Å². The Hall–Kier alpha value is -3.03. The average Bonchev–Trinajstić information content (AvgIpc) is 3.29. The number of benzene rings is 2. The smallest absolute Gasteiger partial charge is 0.273 e. The standard InChI is InChI=1S/C24H24FN3O2S/c1-2-10-27-11-13-28(14-12-27)24(29)22-17-31-23(26-22)19-6-8-21(9-7-19)30-16-18-4-3-5-20(25)15-18/h2-9,15,17H,1,10-14,16H2. The first-order valence-electron chi connectivity index (χ1n) is 10.2. The minimum absolute atomic E-state index is 0.0178. The van der Waals surface area contributed by atoms with Gasteiger partial charge in [0.05, 0.1) is 0 Å². The summed E-state index contributed by atoms with van der Waals surface area (Å²) in [4.78, 5) is 21.5. The van der Waals surface area contributed by atoms with Gasteiger partial charge >= 0.3 is 0 Å². The molecule has 160 valence electrons. The first-order valence-corrected chi connectivity index (χ1v) is 11.1. The number of halogens is 1. The first-order chi connectivity index (χ1) is 15.1. The van der Waals surface area contributed by atoms with Crippen molar-refractivity contribution in [2.75, 3.05) is 32.7 Å². The molecule has 7 heteroatoms. The molecule has 0 radical (unpaired) electrons. The van der Waals surface area contributed by atoms with Gasteiger partial charge in [-0.3, -0.25) is 9.69 Å². The van der Waals surface area contributed by atoms with Gasteiger partial charge in [-0.1, -0.05) is 18.2 Å². The number of hydrogen-bond acceptors (Lipinski definition) is 5. The normalized spacial score (nSPS) is 14.4. The number of piperazine rings is 1. The molecule has 2 heterocycles. The molecule has 2 aromatic carbocycles. The van der Waals surface area contributed by atoms with Crippen LogP contribution in [0.25, 0.3) is 10.6 Å². The van der Waals surface area contributed by atoms with E-state index in [-0.39, 0.29) is 11.7 Å². The third kappa shape index (κ3) is 5.37. The number of thiazole rings is 1. The zero-order chi connectivity index (χ0) is 21.6. The lowest BCUT2D eigenvalue weighted by Gasteiger charge is -2.33. The fraction of sp³-hybridized carbons (Fsp3) is 0.250. The lowest BCUT2D eigenvalue weighted by atomic mass is 10.2. The van der Waals surface area contributed by atoms with E-state index in [0.717, 1.165) is 35.8 Å². The van der Waals surface area contributed by atoms with Crippen LogP contribution in [0.4, 0.5) is 4.39 Å². The number of aromatic nitrogens is 1. The summed E-state index contributed by atoms with van der Waals surface area (Å²) in [5, 5.41) is 2.62. The Morgan fingerprint density at radius 2 is 1.94 bits per heavy atom. The molecule has 1 aromatic heterocycles. The Labute approximate surface area is 185 Å². The second kappa shape index (κ2) is 9.85. The van der Waals surface area contributed by atoms with Gasteiger partial charge in [0, 0.05) is 43.7 Å². The molecule has 5 nitrogen and oxygen atoms in total. The molecular formula is C24H24FN3O2S. The molecule has 1 saturated heterocycles. The van der Waals surface area contributed by atoms with E-state index in [2.05, 4.69) is 16.5 Å². The lowest BCUT2D eigenvalue weighted by Crippen LogP contribution is -2.48. The van der Waals surface area contributed by atoms with Gasteiger partial charge in [-0.15, -0.1) is 17.9 Å². The van der Waals surface area contributed by atoms with Crippen molar-refractivity contribution < 1.29 is 13.9 Å². The van der Waals surface area contributed by atoms with Crippen molar-refractivity contribution in [3.8, 4) is 16.3 Å². The fourth-order valence-electron chi connectivity index (χ4n) is 3.47. The average molecular weight is 438 g/mol. The van der Waals surface area contributed by atoms with Crippen molar-refractivity contribution in [1.82, 2.24) is 14.8 Å². The van der Waals surface area contributed by atoms with Crippen LogP contribution < -0.4 is 4.74 Å². The molecule has 1 fully saturated rings. The van der Waals surface area contributed by atoms with E-state index in [1.165, 1.54) is 23.5 Å². The number of rotatable bonds is 7. The Morgan fingerprint density at radius 1 is 1.16 bits per heavy atom. The monoisotopic (exact) mass is 437 g/mol. The maximum atomic E-state index is 13.3. The molecular weight excluding hydrogens is 413 g/mol. The molecule has 1 amide bonds. The summed E-state index contributed by atoms with van der Waals surface area (Å²) in [5.74, 6) is 0.401. The van der Waals surface area contributed by atoms with Gasteiger partial charge in [0.2, 0.25) is 0 Å². The topological polar surface area (TPSA) is 45.7 Å². The van der Waals surface area contributed by atoms with Crippen LogP contribution in [0.3, 0.4) is 0 Å². The zero-order valence-corrected chi connectivity index (χ0v) is 18.0. The predicted octanol–water partition coefficient (Wildman–Crippen LogP) is 4.47. The summed E-state index contributed by atoms with van der Waals surface area (Å²) in [7, 11) is 0. The second-order valence-electron chi connectivity index (χ2n) is 7.36. The van der Waals surface area contributed by atoms with E-state index in [0.29, 0.717) is 31.1 Å². The van der Waals surface area contributed by atoms with Crippen LogP contribution in [-0.2, 0) is 6.61 Å². The first kappa shape index (κ1) is 21.2. The van der Waals surface area contributed by atoms with Gasteiger partial charge in [0.1, 0.15) is 28.9 Å². The minimum Gasteiger partial charge on any atom is -0.489 e. The predicted molar refractivity (Wildman–Crippen MR) is 121 cm³/mol. The zero-order valence-electron chi connectivity index (χ0n) is 17.2. The van der Waals surface area contributed by atoms with Crippen LogP contribution in [0.5, 0.6) is 5.75 Å². The third-order valence-electron chi connectivity index (χ3n) is 5.17. The van der Waals surface area contributed by atoms with Crippen molar-refractivity contribution in [2.24, 2.45) is 0 Å². The van der Waals surface area contributed by atoms with E-state index in [1.807, 2.05) is 46.7 Å². The fourth-order valence-corrected chi connectivity index (χ4v) is 4.27. The molecule has 3 aromatic rings. The van der Waals surface area contributed by atoms with E-state index in [4.69, 9.17) is 4.74 Å². The molecule has 0 saturated carbocycles. The minimum atomic E-state index is -0.274. The van der Waals surface area contributed by atoms with Crippen LogP contribution >= 0.6 is 11.3 Å². The van der Waals surface area contributed by atoms with Crippen molar-refractivity contribution in [3.63, 3.8) is 0 Å². The maximum Gasteiger partial charge on any atom is 0.273 e. The summed E-state index contributed by atoms with van der Waals surface area (Å²) in [6.45, 7) is 8.04. The van der Waals surface area contributed by atoms with E-state index >= 15 is 0 Å². The third-order valence-corrected chi connectivity index (χ3v) is 6.06. The number of hydrogen-bond donors (Lipinski definition) is 0. The molecule has 1 aliphatic rings. The van der Waals surface area contributed by atoms with E-state index in [9.17, 15) is 9.18 Å². The molecule has 0 aliphatic carbocycles. The Kier molecular flexibility index (Phi) is 6.74. The van der Waals surface area contributed by atoms with Crippen LogP contribution in [0, 0.1) is 5.82 Å². The molecule has 0 atom stereocenters. The Morgan fingerprint density at radius 3 is 2.65 bits per heavy atom. The van der Waals surface area contributed by atoms with Gasteiger partial charge in [0.25, 0.3) is 5.91 Å². The highest BCUT2D eigenvalue weighted by molar-refractivity contribution is 7.13. The van der Waals surface area contributed by atoms with Gasteiger partial charge in [-0.2, -0.15) is 0 Å². The van der Waals surface area contributed by atoms with Gasteiger partial charge in [-0.05, 0) is 42.0 Å². The van der Waals surface area contributed by atoms with Crippen molar-refractivity contribution >= 4 is 17.2 Å². The van der Waals surface area contributed by atoms with Crippen LogP contribution in [0.15, 0.2) is 66.6 Å². The summed E-state index contributed by atoms with van der Waals surface area (Å²) >= 11 is 1.46. The van der Waals surface area contributed by atoms with Crippen LogP contribution in [0.1, 0.15) is 16.1 Å². The van der Waals surface area contributed by atoms with Gasteiger partial charge in [0.15, 0.2) is 0 Å². The largest absolute Gasteiger partial charge is 0.489 e. The number of carbonyl (C=O) groups is 1. The highest BCUT2D eigenvalue weighted by Gasteiger charge is 2.23. The number of nitrogens with zero attached hydrogens (tertiary/aromatic N) is 3. The van der Waals surface area contributed by atoms with Crippen molar-refractivity contribution in [3.05, 3.63) is 83.6 Å². The van der Waals surface area contributed by atoms with Gasteiger partial charge in [-0.25, -0.2) is 9.37 Å². The summed E-state index contributed by atoms with van der Waals surface area (Å²) in [6.07, 6.45) is 1.89.